The van der Waals surface area contributed by atoms with Crippen molar-refractivity contribution in [3.05, 3.63) is 45.9 Å². The lowest BCUT2D eigenvalue weighted by Gasteiger charge is -2.01. The molecule has 2 N–H and O–H groups in total. The Morgan fingerprint density at radius 1 is 1.23 bits per heavy atom. The quantitative estimate of drug-likeness (QED) is 0.458. The van der Waals surface area contributed by atoms with E-state index in [-0.39, 0.29) is 17.6 Å². The molecular weight excluding hydrogens is 414 g/mol. The minimum atomic E-state index is -0.322. The minimum absolute atomic E-state index is 0.176. The molecule has 0 saturated heterocycles. The fourth-order valence-electron chi connectivity index (χ4n) is 1.81. The van der Waals surface area contributed by atoms with Gasteiger partial charge in [-0.15, -0.1) is 21.5 Å². The fraction of sp³-hybridized carbons (Fsp3) is 0.133. The van der Waals surface area contributed by atoms with Crippen LogP contribution >= 0.6 is 46.0 Å². The van der Waals surface area contributed by atoms with Crippen molar-refractivity contribution in [2.24, 2.45) is 0 Å². The lowest BCUT2D eigenvalue weighted by Crippen LogP contribution is -2.13. The van der Waals surface area contributed by atoms with Crippen LogP contribution in [0.5, 0.6) is 0 Å². The van der Waals surface area contributed by atoms with E-state index in [4.69, 9.17) is 11.6 Å². The van der Waals surface area contributed by atoms with Crippen LogP contribution in [0.15, 0.2) is 34.0 Å². The Bertz CT molecular complexity index is 943. The Hall–Kier alpha value is -2.01. The van der Waals surface area contributed by atoms with Gasteiger partial charge in [0.05, 0.1) is 11.4 Å². The molecule has 0 spiro atoms. The first-order valence-corrected chi connectivity index (χ1v) is 10.3. The molecule has 0 aliphatic carbocycles. The summed E-state index contributed by atoms with van der Waals surface area (Å²) in [6, 6.07) is 6.61. The summed E-state index contributed by atoms with van der Waals surface area (Å²) in [4.78, 5) is 28.2. The molecule has 3 aromatic rings. The van der Waals surface area contributed by atoms with Crippen molar-refractivity contribution in [3.8, 4) is 0 Å². The van der Waals surface area contributed by atoms with Crippen molar-refractivity contribution in [1.82, 2.24) is 15.2 Å². The highest BCUT2D eigenvalue weighted by Crippen LogP contribution is 2.26. The predicted molar refractivity (Wildman–Crippen MR) is 106 cm³/mol. The summed E-state index contributed by atoms with van der Waals surface area (Å²) in [6.45, 7) is 1.86. The number of thiazole rings is 1. The molecule has 3 rings (SSSR count). The summed E-state index contributed by atoms with van der Waals surface area (Å²) >= 11 is 9.68. The normalized spacial score (nSPS) is 10.5. The molecule has 2 aromatic heterocycles. The fourth-order valence-corrected chi connectivity index (χ4v) is 4.25. The Labute approximate surface area is 166 Å². The van der Waals surface area contributed by atoms with E-state index in [1.54, 1.807) is 24.3 Å². The van der Waals surface area contributed by atoms with Crippen molar-refractivity contribution in [2.45, 2.75) is 11.3 Å². The van der Waals surface area contributed by atoms with E-state index in [0.717, 1.165) is 5.69 Å². The number of carbonyl (C=O) groups is 2. The maximum Gasteiger partial charge on any atom is 0.257 e. The van der Waals surface area contributed by atoms with Crippen LogP contribution in [-0.2, 0) is 4.79 Å². The number of hydrogen-bond donors (Lipinski definition) is 2. The average molecular weight is 426 g/mol. The van der Waals surface area contributed by atoms with Crippen molar-refractivity contribution >= 4 is 68.1 Å². The summed E-state index contributed by atoms with van der Waals surface area (Å²) in [5.41, 5.74) is 1.29. The van der Waals surface area contributed by atoms with Crippen LogP contribution in [0.4, 0.5) is 10.3 Å². The van der Waals surface area contributed by atoms with E-state index in [1.807, 2.05) is 12.3 Å². The number of hydrogen-bond acceptors (Lipinski definition) is 8. The van der Waals surface area contributed by atoms with E-state index >= 15 is 0 Å². The number of aromatic nitrogens is 3. The smallest absolute Gasteiger partial charge is 0.257 e. The van der Waals surface area contributed by atoms with E-state index < -0.39 is 0 Å². The third kappa shape index (κ3) is 5.24. The second-order valence-electron chi connectivity index (χ2n) is 4.97. The molecule has 0 radical (unpaired) electrons. The van der Waals surface area contributed by atoms with Gasteiger partial charge in [0, 0.05) is 16.0 Å². The van der Waals surface area contributed by atoms with Crippen LogP contribution in [-0.4, -0.2) is 32.7 Å². The highest BCUT2D eigenvalue weighted by Gasteiger charge is 2.12. The average Bonchev–Trinajstić information content (AvgIpc) is 3.22. The first-order chi connectivity index (χ1) is 12.5. The number of amides is 2. The molecule has 134 valence electrons. The van der Waals surface area contributed by atoms with Crippen LogP contribution in [0.25, 0.3) is 0 Å². The molecule has 0 atom stereocenters. The summed E-state index contributed by atoms with van der Waals surface area (Å²) in [7, 11) is 0. The van der Waals surface area contributed by atoms with Crippen molar-refractivity contribution in [2.75, 3.05) is 16.4 Å². The van der Waals surface area contributed by atoms with Crippen LogP contribution < -0.4 is 10.6 Å². The molecule has 2 amide bonds. The largest absolute Gasteiger partial charge is 0.301 e. The van der Waals surface area contributed by atoms with Gasteiger partial charge in [0.25, 0.3) is 5.91 Å². The second kappa shape index (κ2) is 8.58. The molecule has 0 aliphatic heterocycles. The standard InChI is InChI=1S/C15H12ClN5O2S3/c1-8-6-24-13(17-8)18-11(22)7-25-15-21-20-14(26-15)19-12(23)9-3-2-4-10(16)5-9/h2-6H,7H2,1H3,(H,17,18,22)(H,19,20,23). The van der Waals surface area contributed by atoms with Crippen molar-refractivity contribution < 1.29 is 9.59 Å². The van der Waals surface area contributed by atoms with Gasteiger partial charge in [-0.25, -0.2) is 4.98 Å². The first-order valence-electron chi connectivity index (χ1n) is 7.25. The van der Waals surface area contributed by atoms with Gasteiger partial charge in [-0.3, -0.25) is 14.9 Å². The van der Waals surface area contributed by atoms with Gasteiger partial charge in [-0.2, -0.15) is 0 Å². The van der Waals surface area contributed by atoms with Gasteiger partial charge in [0.1, 0.15) is 0 Å². The van der Waals surface area contributed by atoms with Gasteiger partial charge in [-0.05, 0) is 25.1 Å². The molecule has 11 heteroatoms. The highest BCUT2D eigenvalue weighted by atomic mass is 35.5. The molecule has 0 aliphatic rings. The molecule has 0 saturated carbocycles. The number of carbonyl (C=O) groups excluding carboxylic acids is 2. The zero-order chi connectivity index (χ0) is 18.5. The van der Waals surface area contributed by atoms with Crippen LogP contribution in [0, 0.1) is 6.92 Å². The predicted octanol–water partition coefficient (Wildman–Crippen LogP) is 3.94. The number of nitrogens with one attached hydrogen (secondary N) is 2. The molecule has 0 unspecified atom stereocenters. The topological polar surface area (TPSA) is 96.9 Å². The third-order valence-corrected chi connectivity index (χ3v) is 5.99. The maximum atomic E-state index is 12.1. The third-order valence-electron chi connectivity index (χ3n) is 2.91. The summed E-state index contributed by atoms with van der Waals surface area (Å²) < 4.78 is 0.580. The van der Waals surface area contributed by atoms with Gasteiger partial charge in [-0.1, -0.05) is 40.8 Å². The monoisotopic (exact) mass is 425 g/mol. The Morgan fingerprint density at radius 2 is 2.08 bits per heavy atom. The summed E-state index contributed by atoms with van der Waals surface area (Å²) in [5.74, 6) is -0.323. The first kappa shape index (κ1) is 18.8. The molecular formula is C15H12ClN5O2S3. The Kier molecular flexibility index (Phi) is 6.20. The van der Waals surface area contributed by atoms with Crippen molar-refractivity contribution in [3.63, 3.8) is 0 Å². The lowest BCUT2D eigenvalue weighted by molar-refractivity contribution is -0.113. The molecule has 0 bridgehead atoms. The molecule has 26 heavy (non-hydrogen) atoms. The zero-order valence-electron chi connectivity index (χ0n) is 13.4. The number of aryl methyl sites for hydroxylation is 1. The summed E-state index contributed by atoms with van der Waals surface area (Å²) in [5, 5.41) is 16.5. The van der Waals surface area contributed by atoms with Crippen LogP contribution in [0.3, 0.4) is 0 Å². The van der Waals surface area contributed by atoms with Gasteiger partial charge in [0.2, 0.25) is 11.0 Å². The number of rotatable bonds is 6. The number of anilines is 2. The van der Waals surface area contributed by atoms with E-state index in [0.29, 0.717) is 25.2 Å². The van der Waals surface area contributed by atoms with Crippen LogP contribution in [0.2, 0.25) is 5.02 Å². The molecule has 0 fully saturated rings. The van der Waals surface area contributed by atoms with E-state index in [2.05, 4.69) is 25.8 Å². The molecule has 1 aromatic carbocycles. The SMILES string of the molecule is Cc1csc(NC(=O)CSc2nnc(NC(=O)c3cccc(Cl)c3)s2)n1. The van der Waals surface area contributed by atoms with Crippen molar-refractivity contribution in [1.29, 1.82) is 0 Å². The highest BCUT2D eigenvalue weighted by molar-refractivity contribution is 8.01. The van der Waals surface area contributed by atoms with Gasteiger partial charge < -0.3 is 5.32 Å². The maximum absolute atomic E-state index is 12.1. The van der Waals surface area contributed by atoms with E-state index in [9.17, 15) is 9.59 Å². The zero-order valence-corrected chi connectivity index (χ0v) is 16.6. The number of halogens is 1. The number of benzene rings is 1. The minimum Gasteiger partial charge on any atom is -0.301 e. The van der Waals surface area contributed by atoms with E-state index in [1.165, 1.54) is 34.4 Å². The molecule has 7 nitrogen and oxygen atoms in total. The summed E-state index contributed by atoms with van der Waals surface area (Å²) in [6.07, 6.45) is 0. The Balaban J connectivity index is 1.51. The van der Waals surface area contributed by atoms with Gasteiger partial charge in [0.15, 0.2) is 9.47 Å². The lowest BCUT2D eigenvalue weighted by atomic mass is 10.2. The Morgan fingerprint density at radius 3 is 2.81 bits per heavy atom. The molecule has 2 heterocycles. The number of thioether (sulfide) groups is 1. The van der Waals surface area contributed by atoms with Gasteiger partial charge >= 0.3 is 0 Å². The number of nitrogens with zero attached hydrogens (tertiary/aromatic N) is 3. The van der Waals surface area contributed by atoms with Crippen LogP contribution in [0.1, 0.15) is 16.1 Å². The second-order valence-corrected chi connectivity index (χ2v) is 8.46.